The van der Waals surface area contributed by atoms with E-state index < -0.39 is 0 Å². The SMILES string of the molecule is Cc1c(/C=C\N)n(-c2ccc(-c3cccc(-c4ccc5c(-c6ccccc6)c6ccccc6c(-c6ccccc6)c5c4)c3)cc2)c2ccccc12. The second kappa shape index (κ2) is 12.7. The van der Waals surface area contributed by atoms with Crippen molar-refractivity contribution in [1.29, 1.82) is 0 Å². The molecule has 0 atom stereocenters. The van der Waals surface area contributed by atoms with Crippen molar-refractivity contribution in [2.45, 2.75) is 6.92 Å². The van der Waals surface area contributed by atoms with Crippen LogP contribution in [0.4, 0.5) is 0 Å². The van der Waals surface area contributed by atoms with E-state index in [1.165, 1.54) is 82.5 Å². The molecule has 0 saturated heterocycles. The second-order valence-corrected chi connectivity index (χ2v) is 13.1. The molecule has 2 heteroatoms. The molecule has 0 spiro atoms. The van der Waals surface area contributed by atoms with Crippen molar-refractivity contribution in [2.24, 2.45) is 5.73 Å². The highest BCUT2D eigenvalue weighted by molar-refractivity contribution is 6.22. The first-order valence-electron chi connectivity index (χ1n) is 17.5. The lowest BCUT2D eigenvalue weighted by Crippen LogP contribution is -1.97. The second-order valence-electron chi connectivity index (χ2n) is 13.1. The highest BCUT2D eigenvalue weighted by Crippen LogP contribution is 2.45. The van der Waals surface area contributed by atoms with E-state index in [0.29, 0.717) is 0 Å². The number of para-hydroxylation sites is 1. The molecule has 242 valence electrons. The monoisotopic (exact) mass is 652 g/mol. The summed E-state index contributed by atoms with van der Waals surface area (Å²) in [5.74, 6) is 0. The van der Waals surface area contributed by atoms with E-state index in [-0.39, 0.29) is 0 Å². The zero-order valence-corrected chi connectivity index (χ0v) is 28.4. The summed E-state index contributed by atoms with van der Waals surface area (Å²) in [6.07, 6.45) is 3.61. The van der Waals surface area contributed by atoms with Gasteiger partial charge in [-0.05, 0) is 121 Å². The van der Waals surface area contributed by atoms with Gasteiger partial charge in [0.15, 0.2) is 0 Å². The first-order valence-corrected chi connectivity index (χ1v) is 17.5. The van der Waals surface area contributed by atoms with Crippen LogP contribution in [-0.4, -0.2) is 4.57 Å². The zero-order valence-electron chi connectivity index (χ0n) is 28.4. The topological polar surface area (TPSA) is 30.9 Å². The average Bonchev–Trinajstić information content (AvgIpc) is 3.48. The minimum Gasteiger partial charge on any atom is -0.405 e. The van der Waals surface area contributed by atoms with Crippen molar-refractivity contribution in [1.82, 2.24) is 4.57 Å². The summed E-state index contributed by atoms with van der Waals surface area (Å²) >= 11 is 0. The summed E-state index contributed by atoms with van der Waals surface area (Å²) in [6, 6.07) is 63.8. The Morgan fingerprint density at radius 2 is 0.902 bits per heavy atom. The summed E-state index contributed by atoms with van der Waals surface area (Å²) in [5, 5.41) is 6.27. The highest BCUT2D eigenvalue weighted by Gasteiger charge is 2.18. The predicted octanol–water partition coefficient (Wildman–Crippen LogP) is 12.8. The Morgan fingerprint density at radius 1 is 0.412 bits per heavy atom. The van der Waals surface area contributed by atoms with E-state index in [0.717, 1.165) is 11.4 Å². The number of aromatic nitrogens is 1. The fourth-order valence-corrected chi connectivity index (χ4v) is 7.86. The first kappa shape index (κ1) is 30.4. The van der Waals surface area contributed by atoms with Gasteiger partial charge in [0.2, 0.25) is 0 Å². The third kappa shape index (κ3) is 5.21. The number of hydrogen-bond donors (Lipinski definition) is 1. The van der Waals surface area contributed by atoms with Crippen molar-refractivity contribution in [2.75, 3.05) is 0 Å². The van der Waals surface area contributed by atoms with Crippen LogP contribution in [-0.2, 0) is 0 Å². The number of nitrogens with two attached hydrogens (primary N) is 1. The highest BCUT2D eigenvalue weighted by atomic mass is 15.0. The molecule has 0 aliphatic rings. The van der Waals surface area contributed by atoms with Crippen molar-refractivity contribution in [3.63, 3.8) is 0 Å². The van der Waals surface area contributed by atoms with Gasteiger partial charge in [0.25, 0.3) is 0 Å². The first-order chi connectivity index (χ1) is 25.2. The molecule has 1 aromatic heterocycles. The molecule has 1 heterocycles. The molecule has 0 radical (unpaired) electrons. The lowest BCUT2D eigenvalue weighted by molar-refractivity contribution is 1.10. The molecule has 51 heavy (non-hydrogen) atoms. The van der Waals surface area contributed by atoms with E-state index in [4.69, 9.17) is 5.73 Å². The van der Waals surface area contributed by atoms with Crippen molar-refractivity contribution in [3.05, 3.63) is 193 Å². The van der Waals surface area contributed by atoms with Gasteiger partial charge >= 0.3 is 0 Å². The van der Waals surface area contributed by atoms with Crippen molar-refractivity contribution in [3.8, 4) is 50.2 Å². The molecular weight excluding hydrogens is 617 g/mol. The van der Waals surface area contributed by atoms with Gasteiger partial charge in [0.1, 0.15) is 0 Å². The maximum atomic E-state index is 5.89. The summed E-state index contributed by atoms with van der Waals surface area (Å²) in [4.78, 5) is 0. The van der Waals surface area contributed by atoms with Gasteiger partial charge in [0, 0.05) is 11.1 Å². The fourth-order valence-electron chi connectivity index (χ4n) is 7.86. The number of aryl methyl sites for hydroxylation is 1. The maximum Gasteiger partial charge on any atom is 0.0537 e. The van der Waals surface area contributed by atoms with Crippen LogP contribution in [0.1, 0.15) is 11.3 Å². The van der Waals surface area contributed by atoms with Crippen molar-refractivity contribution >= 4 is 38.5 Å². The quantitative estimate of drug-likeness (QED) is 0.178. The number of fused-ring (bicyclic) bond motifs is 3. The maximum absolute atomic E-state index is 5.89. The Balaban J connectivity index is 1.18. The van der Waals surface area contributed by atoms with Crippen LogP contribution in [0.15, 0.2) is 182 Å². The third-order valence-corrected chi connectivity index (χ3v) is 10.2. The zero-order chi connectivity index (χ0) is 34.3. The lowest BCUT2D eigenvalue weighted by atomic mass is 9.85. The van der Waals surface area contributed by atoms with Crippen LogP contribution < -0.4 is 5.73 Å². The van der Waals surface area contributed by atoms with Gasteiger partial charge < -0.3 is 10.3 Å². The normalized spacial score (nSPS) is 11.6. The molecule has 0 unspecified atom stereocenters. The van der Waals surface area contributed by atoms with Crippen LogP contribution >= 0.6 is 0 Å². The standard InChI is InChI=1S/C49H36N2/c1-33-41-19-10-11-22-47(41)51(46(33)29-30-50)40-26-23-34(24-27-40)37-17-12-18-38(31-37)39-25-28-44-45(32-39)49(36-15-6-3-7-16-36)43-21-9-8-20-42(43)48(44)35-13-4-2-5-14-35/h2-32H,50H2,1H3/b30-29-. The third-order valence-electron chi connectivity index (χ3n) is 10.2. The Bertz CT molecular complexity index is 2730. The Labute approximate surface area is 298 Å². The Kier molecular flexibility index (Phi) is 7.56. The molecular formula is C49H36N2. The van der Waals surface area contributed by atoms with Crippen LogP contribution in [0.2, 0.25) is 0 Å². The van der Waals surface area contributed by atoms with E-state index in [2.05, 4.69) is 187 Å². The van der Waals surface area contributed by atoms with E-state index in [1.807, 2.05) is 6.08 Å². The molecule has 0 bridgehead atoms. The molecule has 0 amide bonds. The Hall–Kier alpha value is -6.64. The summed E-state index contributed by atoms with van der Waals surface area (Å²) in [5.41, 5.74) is 20.2. The van der Waals surface area contributed by atoms with Gasteiger partial charge in [-0.3, -0.25) is 0 Å². The van der Waals surface area contributed by atoms with Crippen LogP contribution in [0, 0.1) is 6.92 Å². The molecule has 0 aliphatic heterocycles. The molecule has 9 rings (SSSR count). The minimum atomic E-state index is 1.10. The average molecular weight is 653 g/mol. The number of benzene rings is 8. The largest absolute Gasteiger partial charge is 0.405 e. The van der Waals surface area contributed by atoms with E-state index >= 15 is 0 Å². The number of nitrogens with zero attached hydrogens (tertiary/aromatic N) is 1. The molecule has 0 saturated carbocycles. The van der Waals surface area contributed by atoms with E-state index in [9.17, 15) is 0 Å². The van der Waals surface area contributed by atoms with Crippen LogP contribution in [0.25, 0.3) is 88.7 Å². The summed E-state index contributed by atoms with van der Waals surface area (Å²) in [6.45, 7) is 2.16. The van der Waals surface area contributed by atoms with Gasteiger partial charge in [-0.2, -0.15) is 0 Å². The molecule has 0 fully saturated rings. The molecule has 8 aromatic carbocycles. The minimum absolute atomic E-state index is 1.10. The van der Waals surface area contributed by atoms with Crippen molar-refractivity contribution < 1.29 is 0 Å². The number of hydrogen-bond acceptors (Lipinski definition) is 1. The molecule has 2 N–H and O–H groups in total. The molecule has 0 aliphatic carbocycles. The summed E-state index contributed by atoms with van der Waals surface area (Å²) in [7, 11) is 0. The fraction of sp³-hybridized carbons (Fsp3) is 0.0204. The van der Waals surface area contributed by atoms with Gasteiger partial charge in [-0.25, -0.2) is 0 Å². The lowest BCUT2D eigenvalue weighted by Gasteiger charge is -2.19. The van der Waals surface area contributed by atoms with Crippen LogP contribution in [0.5, 0.6) is 0 Å². The van der Waals surface area contributed by atoms with Gasteiger partial charge in [-0.15, -0.1) is 0 Å². The smallest absolute Gasteiger partial charge is 0.0537 e. The van der Waals surface area contributed by atoms with E-state index in [1.54, 1.807) is 6.20 Å². The predicted molar refractivity (Wildman–Crippen MR) is 218 cm³/mol. The van der Waals surface area contributed by atoms with Gasteiger partial charge in [-0.1, -0.05) is 146 Å². The number of rotatable bonds is 6. The van der Waals surface area contributed by atoms with Gasteiger partial charge in [0.05, 0.1) is 11.2 Å². The molecule has 9 aromatic rings. The Morgan fingerprint density at radius 3 is 1.55 bits per heavy atom. The molecule has 2 nitrogen and oxygen atoms in total. The van der Waals surface area contributed by atoms with Crippen LogP contribution in [0.3, 0.4) is 0 Å². The summed E-state index contributed by atoms with van der Waals surface area (Å²) < 4.78 is 2.29.